The lowest BCUT2D eigenvalue weighted by Crippen LogP contribution is -1.87. The summed E-state index contributed by atoms with van der Waals surface area (Å²) >= 11 is 7.34. The third-order valence-corrected chi connectivity index (χ3v) is 5.32. The monoisotopic (exact) mass is 308 g/mol. The first-order valence-corrected chi connectivity index (χ1v) is 7.72. The molecule has 0 aliphatic rings. The first-order chi connectivity index (χ1) is 7.86. The lowest BCUT2D eigenvalue weighted by molar-refractivity contribution is 1.23. The van der Waals surface area contributed by atoms with Crippen molar-refractivity contribution in [2.24, 2.45) is 0 Å². The maximum absolute atomic E-state index is 3.79. The Kier molecular flexibility index (Phi) is 2.84. The van der Waals surface area contributed by atoms with Crippen LogP contribution < -0.4 is 0 Å². The maximum atomic E-state index is 3.79. The summed E-state index contributed by atoms with van der Waals surface area (Å²) in [6.45, 7) is 0. The number of alkyl halides is 1. The highest BCUT2D eigenvalue weighted by Crippen LogP contribution is 2.38. The van der Waals surface area contributed by atoms with E-state index in [4.69, 9.17) is 0 Å². The van der Waals surface area contributed by atoms with Gasteiger partial charge in [-0.1, -0.05) is 34.1 Å². The molecule has 0 nitrogen and oxygen atoms in total. The number of thiophene rings is 2. The maximum Gasteiger partial charge on any atom is 0.0666 e. The van der Waals surface area contributed by atoms with E-state index in [1.807, 2.05) is 11.3 Å². The molecule has 0 radical (unpaired) electrons. The Labute approximate surface area is 111 Å². The van der Waals surface area contributed by atoms with Crippen molar-refractivity contribution < 1.29 is 0 Å². The molecule has 0 amide bonds. The molecule has 1 unspecified atom stereocenters. The number of fused-ring (bicyclic) bond motifs is 1. The molecular weight excluding hydrogens is 300 g/mol. The van der Waals surface area contributed by atoms with Gasteiger partial charge in [-0.2, -0.15) is 11.3 Å². The largest absolute Gasteiger partial charge is 0.152 e. The van der Waals surface area contributed by atoms with E-state index in [1.54, 1.807) is 11.3 Å². The summed E-state index contributed by atoms with van der Waals surface area (Å²) in [5, 5.41) is 7.94. The predicted octanol–water partition coefficient (Wildman–Crippen LogP) is 5.45. The van der Waals surface area contributed by atoms with Crippen LogP contribution in [0.1, 0.15) is 16.0 Å². The molecule has 80 valence electrons. The van der Waals surface area contributed by atoms with Crippen molar-refractivity contribution in [3.8, 4) is 0 Å². The van der Waals surface area contributed by atoms with Crippen LogP contribution in [0.25, 0.3) is 10.1 Å². The molecule has 0 aliphatic carbocycles. The molecule has 1 aromatic carbocycles. The second-order valence-electron chi connectivity index (χ2n) is 3.61. The van der Waals surface area contributed by atoms with Crippen LogP contribution in [-0.4, -0.2) is 0 Å². The number of hydrogen-bond donors (Lipinski definition) is 0. The summed E-state index contributed by atoms with van der Waals surface area (Å²) in [5.74, 6) is 0. The molecule has 2 aromatic heterocycles. The summed E-state index contributed by atoms with van der Waals surface area (Å²) < 4.78 is 1.36. The first-order valence-electron chi connectivity index (χ1n) is 4.98. The predicted molar refractivity (Wildman–Crippen MR) is 76.9 cm³/mol. The van der Waals surface area contributed by atoms with Crippen molar-refractivity contribution in [3.63, 3.8) is 0 Å². The van der Waals surface area contributed by atoms with Gasteiger partial charge in [0.05, 0.1) is 4.83 Å². The van der Waals surface area contributed by atoms with Crippen molar-refractivity contribution in [2.75, 3.05) is 0 Å². The van der Waals surface area contributed by atoms with Crippen LogP contribution in [-0.2, 0) is 0 Å². The molecule has 0 bridgehead atoms. The van der Waals surface area contributed by atoms with Crippen LogP contribution in [0.3, 0.4) is 0 Å². The Bertz CT molecular complexity index is 595. The molecule has 0 saturated carbocycles. The van der Waals surface area contributed by atoms with E-state index < -0.39 is 0 Å². The Balaban J connectivity index is 2.12. The minimum atomic E-state index is 0.315. The molecule has 2 heterocycles. The summed E-state index contributed by atoms with van der Waals surface area (Å²) in [4.78, 5) is 0.315. The van der Waals surface area contributed by atoms with Crippen molar-refractivity contribution in [2.45, 2.75) is 4.83 Å². The zero-order chi connectivity index (χ0) is 11.0. The van der Waals surface area contributed by atoms with Gasteiger partial charge in [0.25, 0.3) is 0 Å². The fraction of sp³-hybridized carbons (Fsp3) is 0.0769. The fourth-order valence-electron chi connectivity index (χ4n) is 1.79. The zero-order valence-corrected chi connectivity index (χ0v) is 11.6. The van der Waals surface area contributed by atoms with E-state index in [0.717, 1.165) is 0 Å². The average molecular weight is 309 g/mol. The Hall–Kier alpha value is -0.640. The molecule has 0 aliphatic heterocycles. The standard InChI is InChI=1S/C13H9BrS2/c14-13(9-5-6-15-7-9)11-8-16-12-4-2-1-3-10(11)12/h1-8,13H. The number of benzene rings is 1. The van der Waals surface area contributed by atoms with Crippen molar-refractivity contribution >= 4 is 48.7 Å². The zero-order valence-electron chi connectivity index (χ0n) is 8.39. The highest BCUT2D eigenvalue weighted by atomic mass is 79.9. The van der Waals surface area contributed by atoms with E-state index in [1.165, 1.54) is 21.2 Å². The molecule has 0 spiro atoms. The smallest absolute Gasteiger partial charge is 0.0666 e. The van der Waals surface area contributed by atoms with Crippen LogP contribution >= 0.6 is 38.6 Å². The summed E-state index contributed by atoms with van der Waals surface area (Å²) in [5.41, 5.74) is 2.72. The summed E-state index contributed by atoms with van der Waals surface area (Å²) in [6, 6.07) is 10.7. The SMILES string of the molecule is BrC(c1ccsc1)c1csc2ccccc12. The van der Waals surface area contributed by atoms with E-state index in [9.17, 15) is 0 Å². The molecule has 3 heteroatoms. The lowest BCUT2D eigenvalue weighted by Gasteiger charge is -2.06. The molecule has 0 fully saturated rings. The van der Waals surface area contributed by atoms with Crippen LogP contribution in [0, 0.1) is 0 Å². The quantitative estimate of drug-likeness (QED) is 0.552. The highest BCUT2D eigenvalue weighted by Gasteiger charge is 2.14. The molecule has 3 rings (SSSR count). The average Bonchev–Trinajstić information content (AvgIpc) is 2.98. The van der Waals surface area contributed by atoms with E-state index in [2.05, 4.69) is 62.4 Å². The van der Waals surface area contributed by atoms with Gasteiger partial charge in [0.15, 0.2) is 0 Å². The normalized spacial score (nSPS) is 13.1. The molecular formula is C13H9BrS2. The Morgan fingerprint density at radius 1 is 1.06 bits per heavy atom. The number of rotatable bonds is 2. The second-order valence-corrected chi connectivity index (χ2v) is 6.21. The third-order valence-electron chi connectivity index (χ3n) is 2.62. The van der Waals surface area contributed by atoms with E-state index in [0.29, 0.717) is 4.83 Å². The lowest BCUT2D eigenvalue weighted by atomic mass is 10.1. The Morgan fingerprint density at radius 3 is 2.75 bits per heavy atom. The van der Waals surface area contributed by atoms with Crippen LogP contribution in [0.2, 0.25) is 0 Å². The fourth-order valence-corrected chi connectivity index (χ4v) is 4.48. The van der Waals surface area contributed by atoms with Gasteiger partial charge in [0, 0.05) is 4.70 Å². The summed E-state index contributed by atoms with van der Waals surface area (Å²) in [6.07, 6.45) is 0. The second kappa shape index (κ2) is 4.32. The minimum Gasteiger partial charge on any atom is -0.152 e. The van der Waals surface area contributed by atoms with Gasteiger partial charge in [0.2, 0.25) is 0 Å². The van der Waals surface area contributed by atoms with Crippen molar-refractivity contribution in [1.29, 1.82) is 0 Å². The molecule has 16 heavy (non-hydrogen) atoms. The van der Waals surface area contributed by atoms with Crippen LogP contribution in [0.4, 0.5) is 0 Å². The van der Waals surface area contributed by atoms with Gasteiger partial charge in [0.1, 0.15) is 0 Å². The van der Waals surface area contributed by atoms with Crippen molar-refractivity contribution in [3.05, 3.63) is 57.6 Å². The topological polar surface area (TPSA) is 0 Å². The number of hydrogen-bond acceptors (Lipinski definition) is 2. The molecule has 0 N–H and O–H groups in total. The third kappa shape index (κ3) is 1.73. The molecule has 1 atom stereocenters. The van der Waals surface area contributed by atoms with Gasteiger partial charge < -0.3 is 0 Å². The molecule has 0 saturated heterocycles. The van der Waals surface area contributed by atoms with Crippen LogP contribution in [0.15, 0.2) is 46.5 Å². The van der Waals surface area contributed by atoms with E-state index in [-0.39, 0.29) is 0 Å². The Morgan fingerprint density at radius 2 is 1.94 bits per heavy atom. The first kappa shape index (κ1) is 10.5. The summed E-state index contributed by atoms with van der Waals surface area (Å²) in [7, 11) is 0. The van der Waals surface area contributed by atoms with Gasteiger partial charge in [-0.15, -0.1) is 11.3 Å². The van der Waals surface area contributed by atoms with Gasteiger partial charge in [-0.3, -0.25) is 0 Å². The van der Waals surface area contributed by atoms with E-state index >= 15 is 0 Å². The minimum absolute atomic E-state index is 0.315. The van der Waals surface area contributed by atoms with Gasteiger partial charge in [-0.05, 0) is 44.8 Å². The van der Waals surface area contributed by atoms with Gasteiger partial charge >= 0.3 is 0 Å². The number of halogens is 1. The highest BCUT2D eigenvalue weighted by molar-refractivity contribution is 9.09. The van der Waals surface area contributed by atoms with Crippen molar-refractivity contribution in [1.82, 2.24) is 0 Å². The molecule has 3 aromatic rings. The van der Waals surface area contributed by atoms with Gasteiger partial charge in [-0.25, -0.2) is 0 Å². The van der Waals surface area contributed by atoms with Crippen LogP contribution in [0.5, 0.6) is 0 Å².